The summed E-state index contributed by atoms with van der Waals surface area (Å²) in [6.45, 7) is 2.80. The largest absolute Gasteiger partial charge is 0.490 e. The predicted molar refractivity (Wildman–Crippen MR) is 167 cm³/mol. The molecule has 0 spiro atoms. The molecule has 39 heavy (non-hydrogen) atoms. The van der Waals surface area contributed by atoms with Crippen LogP contribution in [-0.4, -0.2) is 22.7 Å². The van der Waals surface area contributed by atoms with Crippen molar-refractivity contribution in [2.24, 2.45) is 0 Å². The van der Waals surface area contributed by atoms with Gasteiger partial charge in [-0.3, -0.25) is 14.5 Å². The van der Waals surface area contributed by atoms with Gasteiger partial charge in [-0.1, -0.05) is 71.7 Å². The standard InChI is InChI=1S/C30H22Cl2INO4S/c1-2-37-26-13-18(12-25(33)28(26)38-17-21-8-5-7-19-6-3-4-9-23(19)21)14-27-29(35)34(30(36)39-27)16-20-10-11-22(31)15-24(20)32/h3-15H,2,16-17H2,1H3/b27-14+. The van der Waals surface area contributed by atoms with E-state index in [9.17, 15) is 9.59 Å². The maximum atomic E-state index is 13.1. The van der Waals surface area contributed by atoms with E-state index in [0.717, 1.165) is 37.2 Å². The molecule has 1 aliphatic heterocycles. The summed E-state index contributed by atoms with van der Waals surface area (Å²) in [5.74, 6) is 0.830. The summed E-state index contributed by atoms with van der Waals surface area (Å²) >= 11 is 15.3. The number of amides is 2. The minimum absolute atomic E-state index is 0.0701. The molecule has 0 N–H and O–H groups in total. The molecule has 1 heterocycles. The monoisotopic (exact) mass is 689 g/mol. The predicted octanol–water partition coefficient (Wildman–Crippen LogP) is 8.97. The van der Waals surface area contributed by atoms with Gasteiger partial charge in [0.05, 0.1) is 21.6 Å². The number of rotatable bonds is 8. The van der Waals surface area contributed by atoms with Crippen LogP contribution in [0.5, 0.6) is 11.5 Å². The van der Waals surface area contributed by atoms with Crippen molar-refractivity contribution in [1.29, 1.82) is 0 Å². The average Bonchev–Trinajstić information content (AvgIpc) is 3.17. The Morgan fingerprint density at radius 3 is 2.54 bits per heavy atom. The van der Waals surface area contributed by atoms with Crippen LogP contribution in [0.3, 0.4) is 0 Å². The highest BCUT2D eigenvalue weighted by atomic mass is 127. The van der Waals surface area contributed by atoms with Crippen LogP contribution >= 0.6 is 57.6 Å². The fourth-order valence-corrected chi connectivity index (χ4v) is 6.34. The van der Waals surface area contributed by atoms with Crippen LogP contribution in [0.25, 0.3) is 16.8 Å². The second-order valence-electron chi connectivity index (χ2n) is 8.69. The van der Waals surface area contributed by atoms with E-state index in [0.29, 0.717) is 45.2 Å². The first-order valence-electron chi connectivity index (χ1n) is 12.1. The molecule has 2 amide bonds. The molecule has 0 atom stereocenters. The average molecular weight is 690 g/mol. The van der Waals surface area contributed by atoms with Crippen LogP contribution in [0, 0.1) is 3.57 Å². The topological polar surface area (TPSA) is 55.8 Å². The third-order valence-corrected chi connectivity index (χ3v) is 8.39. The van der Waals surface area contributed by atoms with E-state index in [1.165, 1.54) is 4.90 Å². The molecule has 9 heteroatoms. The number of hydrogen-bond acceptors (Lipinski definition) is 5. The van der Waals surface area contributed by atoms with E-state index in [1.807, 2.05) is 37.3 Å². The van der Waals surface area contributed by atoms with Gasteiger partial charge in [0.2, 0.25) is 0 Å². The normalized spacial score (nSPS) is 14.5. The number of halogens is 3. The molecule has 0 aliphatic carbocycles. The van der Waals surface area contributed by atoms with Crippen molar-refractivity contribution in [3.63, 3.8) is 0 Å². The third kappa shape index (κ3) is 6.22. The summed E-state index contributed by atoms with van der Waals surface area (Å²) in [6.07, 6.45) is 1.70. The van der Waals surface area contributed by atoms with Gasteiger partial charge in [-0.15, -0.1) is 0 Å². The van der Waals surface area contributed by atoms with Crippen molar-refractivity contribution in [3.05, 3.63) is 108 Å². The van der Waals surface area contributed by atoms with Crippen LogP contribution in [0.1, 0.15) is 23.6 Å². The lowest BCUT2D eigenvalue weighted by Crippen LogP contribution is -2.27. The number of ether oxygens (including phenoxy) is 2. The Morgan fingerprint density at radius 1 is 0.949 bits per heavy atom. The van der Waals surface area contributed by atoms with E-state index in [4.69, 9.17) is 32.7 Å². The zero-order valence-corrected chi connectivity index (χ0v) is 25.2. The van der Waals surface area contributed by atoms with E-state index in [-0.39, 0.29) is 17.7 Å². The molecule has 4 aromatic rings. The van der Waals surface area contributed by atoms with Crippen molar-refractivity contribution < 1.29 is 19.1 Å². The van der Waals surface area contributed by atoms with Gasteiger partial charge in [-0.25, -0.2) is 0 Å². The molecule has 1 saturated heterocycles. The molecule has 5 rings (SSSR count). The Morgan fingerprint density at radius 2 is 1.74 bits per heavy atom. The van der Waals surface area contributed by atoms with Gasteiger partial charge in [0.1, 0.15) is 6.61 Å². The zero-order valence-electron chi connectivity index (χ0n) is 20.7. The molecule has 0 bridgehead atoms. The number of benzene rings is 4. The van der Waals surface area contributed by atoms with Gasteiger partial charge in [0.15, 0.2) is 11.5 Å². The maximum absolute atomic E-state index is 13.1. The van der Waals surface area contributed by atoms with Crippen LogP contribution in [0.15, 0.2) is 77.7 Å². The summed E-state index contributed by atoms with van der Waals surface area (Å²) in [6, 6.07) is 23.1. The minimum Gasteiger partial charge on any atom is -0.490 e. The molecule has 0 radical (unpaired) electrons. The second-order valence-corrected chi connectivity index (χ2v) is 11.7. The van der Waals surface area contributed by atoms with Crippen LogP contribution in [0.4, 0.5) is 4.79 Å². The lowest BCUT2D eigenvalue weighted by atomic mass is 10.1. The van der Waals surface area contributed by atoms with E-state index in [2.05, 4.69) is 46.9 Å². The van der Waals surface area contributed by atoms with E-state index in [1.54, 1.807) is 24.3 Å². The molecule has 1 aliphatic rings. The molecular formula is C30H22Cl2INO4S. The first-order valence-corrected chi connectivity index (χ1v) is 14.7. The molecule has 1 fully saturated rings. The lowest BCUT2D eigenvalue weighted by molar-refractivity contribution is -0.123. The highest BCUT2D eigenvalue weighted by Gasteiger charge is 2.35. The van der Waals surface area contributed by atoms with Crippen LogP contribution in [-0.2, 0) is 17.9 Å². The van der Waals surface area contributed by atoms with Crippen LogP contribution < -0.4 is 9.47 Å². The Kier molecular flexibility index (Phi) is 8.71. The van der Waals surface area contributed by atoms with Crippen molar-refractivity contribution in [2.75, 3.05) is 6.61 Å². The number of carbonyl (C=O) groups excluding carboxylic acids is 2. The zero-order chi connectivity index (χ0) is 27.5. The van der Waals surface area contributed by atoms with Gasteiger partial charge in [-0.2, -0.15) is 0 Å². The van der Waals surface area contributed by atoms with Gasteiger partial charge in [-0.05, 0) is 99.1 Å². The molecule has 198 valence electrons. The molecular weight excluding hydrogens is 668 g/mol. The van der Waals surface area contributed by atoms with Gasteiger partial charge >= 0.3 is 0 Å². The quantitative estimate of drug-likeness (QED) is 0.137. The first-order chi connectivity index (χ1) is 18.8. The molecule has 0 unspecified atom stereocenters. The Balaban J connectivity index is 1.38. The number of nitrogens with zero attached hydrogens (tertiary/aromatic N) is 1. The van der Waals surface area contributed by atoms with Crippen molar-refractivity contribution in [1.82, 2.24) is 4.90 Å². The molecule has 4 aromatic carbocycles. The van der Waals surface area contributed by atoms with E-state index >= 15 is 0 Å². The Labute approximate surface area is 254 Å². The fraction of sp³-hybridized carbons (Fsp3) is 0.133. The smallest absolute Gasteiger partial charge is 0.293 e. The van der Waals surface area contributed by atoms with Gasteiger partial charge < -0.3 is 9.47 Å². The molecule has 5 nitrogen and oxygen atoms in total. The summed E-state index contributed by atoms with van der Waals surface area (Å²) in [5.41, 5.74) is 2.45. The van der Waals surface area contributed by atoms with Gasteiger partial charge in [0.25, 0.3) is 11.1 Å². The molecule has 0 saturated carbocycles. The maximum Gasteiger partial charge on any atom is 0.293 e. The summed E-state index contributed by atoms with van der Waals surface area (Å²) in [4.78, 5) is 27.3. The minimum atomic E-state index is -0.375. The SMILES string of the molecule is CCOc1cc(/C=C2/SC(=O)N(Cc3ccc(Cl)cc3Cl)C2=O)cc(I)c1OCc1cccc2ccccc12. The number of carbonyl (C=O) groups is 2. The summed E-state index contributed by atoms with van der Waals surface area (Å²) in [5, 5.41) is 2.83. The number of hydrogen-bond donors (Lipinski definition) is 0. The summed E-state index contributed by atoms with van der Waals surface area (Å²) in [7, 11) is 0. The third-order valence-electron chi connectivity index (χ3n) is 6.10. The van der Waals surface area contributed by atoms with Crippen molar-refractivity contribution in [2.45, 2.75) is 20.1 Å². The van der Waals surface area contributed by atoms with Crippen molar-refractivity contribution in [3.8, 4) is 11.5 Å². The highest BCUT2D eigenvalue weighted by molar-refractivity contribution is 14.1. The Hall–Kier alpha value is -2.72. The summed E-state index contributed by atoms with van der Waals surface area (Å²) < 4.78 is 13.0. The number of fused-ring (bicyclic) bond motifs is 1. The Bertz CT molecular complexity index is 1620. The van der Waals surface area contributed by atoms with Crippen LogP contribution in [0.2, 0.25) is 10.0 Å². The fourth-order valence-electron chi connectivity index (χ4n) is 4.25. The van der Waals surface area contributed by atoms with Gasteiger partial charge in [0, 0.05) is 10.0 Å². The number of imide groups is 1. The lowest BCUT2D eigenvalue weighted by Gasteiger charge is -2.16. The van der Waals surface area contributed by atoms with Crippen molar-refractivity contribution >= 4 is 85.5 Å². The number of thioether (sulfide) groups is 1. The first kappa shape index (κ1) is 27.8. The molecule has 0 aromatic heterocycles. The highest BCUT2D eigenvalue weighted by Crippen LogP contribution is 2.39. The second kappa shape index (κ2) is 12.2. The van der Waals surface area contributed by atoms with E-state index < -0.39 is 0 Å².